The fourth-order valence-corrected chi connectivity index (χ4v) is 3.97. The van der Waals surface area contributed by atoms with Crippen LogP contribution >= 0.6 is 0 Å². The van der Waals surface area contributed by atoms with Crippen LogP contribution in [0.25, 0.3) is 0 Å². The van der Waals surface area contributed by atoms with Crippen molar-refractivity contribution in [1.29, 1.82) is 0 Å². The molecule has 2 atom stereocenters. The van der Waals surface area contributed by atoms with E-state index in [1.165, 1.54) is 0 Å². The van der Waals surface area contributed by atoms with Gasteiger partial charge in [-0.15, -0.1) is 0 Å². The van der Waals surface area contributed by atoms with E-state index in [2.05, 4.69) is 10.6 Å². The largest absolute Gasteiger partial charge is 0.352 e. The van der Waals surface area contributed by atoms with Gasteiger partial charge < -0.3 is 10.6 Å². The van der Waals surface area contributed by atoms with Gasteiger partial charge in [0.1, 0.15) is 0 Å². The minimum atomic E-state index is -2.93. The van der Waals surface area contributed by atoms with Crippen LogP contribution in [0.5, 0.6) is 0 Å². The normalized spacial score (nSPS) is 33.5. The van der Waals surface area contributed by atoms with Crippen LogP contribution in [0, 0.1) is 5.92 Å². The van der Waals surface area contributed by atoms with Crippen molar-refractivity contribution in [3.8, 4) is 0 Å². The molecule has 0 aliphatic carbocycles. The van der Waals surface area contributed by atoms with E-state index in [1.807, 2.05) is 0 Å². The molecule has 0 aromatic heterocycles. The summed E-state index contributed by atoms with van der Waals surface area (Å²) in [6.07, 6.45) is 2.30. The molecule has 0 saturated carbocycles. The first-order valence-electron chi connectivity index (χ1n) is 5.78. The molecule has 0 spiro atoms. The van der Waals surface area contributed by atoms with Crippen LogP contribution in [0.3, 0.4) is 0 Å². The highest BCUT2D eigenvalue weighted by Gasteiger charge is 2.29. The summed E-state index contributed by atoms with van der Waals surface area (Å²) in [4.78, 5) is 11.8. The zero-order valence-electron chi connectivity index (χ0n) is 9.24. The first kappa shape index (κ1) is 11.9. The van der Waals surface area contributed by atoms with Gasteiger partial charge in [-0.25, -0.2) is 8.42 Å². The van der Waals surface area contributed by atoms with Gasteiger partial charge in [0.05, 0.1) is 17.4 Å². The number of nitrogens with one attached hydrogen (secondary N) is 2. The van der Waals surface area contributed by atoms with E-state index in [4.69, 9.17) is 0 Å². The summed E-state index contributed by atoms with van der Waals surface area (Å²) in [6, 6.07) is -0.174. The molecule has 2 N–H and O–H groups in total. The van der Waals surface area contributed by atoms with Crippen LogP contribution < -0.4 is 10.6 Å². The number of carbonyl (C=O) groups excluding carboxylic acids is 1. The van der Waals surface area contributed by atoms with Crippen molar-refractivity contribution in [2.45, 2.75) is 25.3 Å². The summed E-state index contributed by atoms with van der Waals surface area (Å²) in [5.41, 5.74) is 0. The molecule has 2 heterocycles. The first-order chi connectivity index (χ1) is 7.57. The Labute approximate surface area is 95.9 Å². The molecular weight excluding hydrogens is 228 g/mol. The molecule has 0 radical (unpaired) electrons. The summed E-state index contributed by atoms with van der Waals surface area (Å²) < 4.78 is 22.8. The fourth-order valence-electron chi connectivity index (χ4n) is 2.33. The second-order valence-electron chi connectivity index (χ2n) is 4.65. The zero-order chi connectivity index (χ0) is 11.6. The van der Waals surface area contributed by atoms with E-state index in [1.54, 1.807) is 0 Å². The van der Waals surface area contributed by atoms with Crippen molar-refractivity contribution < 1.29 is 13.2 Å². The maximum absolute atomic E-state index is 11.8. The van der Waals surface area contributed by atoms with E-state index in [0.717, 1.165) is 19.4 Å². The third kappa shape index (κ3) is 2.95. The maximum Gasteiger partial charge on any atom is 0.224 e. The lowest BCUT2D eigenvalue weighted by Crippen LogP contribution is -2.45. The van der Waals surface area contributed by atoms with E-state index in [0.29, 0.717) is 13.0 Å². The molecular formula is C10H18N2O3S. The zero-order valence-corrected chi connectivity index (χ0v) is 10.1. The quantitative estimate of drug-likeness (QED) is 0.675. The fraction of sp³-hybridized carbons (Fsp3) is 0.900. The third-order valence-electron chi connectivity index (χ3n) is 3.24. The molecule has 2 aliphatic rings. The number of hydrogen-bond donors (Lipinski definition) is 2. The second kappa shape index (κ2) is 4.71. The predicted molar refractivity (Wildman–Crippen MR) is 60.8 cm³/mol. The highest BCUT2D eigenvalue weighted by Crippen LogP contribution is 2.14. The summed E-state index contributed by atoms with van der Waals surface area (Å²) in [7, 11) is -2.93. The van der Waals surface area contributed by atoms with Crippen LogP contribution in [-0.4, -0.2) is 45.0 Å². The number of amides is 1. The van der Waals surface area contributed by atoms with Gasteiger partial charge >= 0.3 is 0 Å². The third-order valence-corrected chi connectivity index (χ3v) is 5.06. The molecule has 5 nitrogen and oxygen atoms in total. The Kier molecular flexibility index (Phi) is 3.49. The standard InChI is InChI=1S/C10H18N2O3S/c13-10(8-3-4-11-6-8)12-9-2-1-5-16(14,15)7-9/h8-9,11H,1-7H2,(H,12,13). The predicted octanol–water partition coefficient (Wildman–Crippen LogP) is -0.711. The van der Waals surface area contributed by atoms with Crippen molar-refractivity contribution in [3.05, 3.63) is 0 Å². The van der Waals surface area contributed by atoms with Crippen molar-refractivity contribution in [1.82, 2.24) is 10.6 Å². The summed E-state index contributed by atoms with van der Waals surface area (Å²) in [6.45, 7) is 1.59. The summed E-state index contributed by atoms with van der Waals surface area (Å²) in [5, 5.41) is 5.99. The van der Waals surface area contributed by atoms with E-state index < -0.39 is 9.84 Å². The van der Waals surface area contributed by atoms with Gasteiger partial charge in [-0.3, -0.25) is 4.79 Å². The number of hydrogen-bond acceptors (Lipinski definition) is 4. The highest BCUT2D eigenvalue weighted by molar-refractivity contribution is 7.91. The van der Waals surface area contributed by atoms with Crippen molar-refractivity contribution in [3.63, 3.8) is 0 Å². The topological polar surface area (TPSA) is 75.3 Å². The van der Waals surface area contributed by atoms with Gasteiger partial charge in [0.25, 0.3) is 0 Å². The van der Waals surface area contributed by atoms with Crippen molar-refractivity contribution in [2.24, 2.45) is 5.92 Å². The van der Waals surface area contributed by atoms with E-state index >= 15 is 0 Å². The molecule has 16 heavy (non-hydrogen) atoms. The minimum absolute atomic E-state index is 0.00657. The van der Waals surface area contributed by atoms with Gasteiger partial charge in [-0.05, 0) is 25.8 Å². The van der Waals surface area contributed by atoms with Gasteiger partial charge in [-0.1, -0.05) is 0 Å². The Morgan fingerprint density at radius 2 is 2.12 bits per heavy atom. The van der Waals surface area contributed by atoms with E-state index in [-0.39, 0.29) is 29.4 Å². The molecule has 0 aromatic rings. The number of sulfone groups is 1. The molecule has 2 aliphatic heterocycles. The van der Waals surface area contributed by atoms with Crippen LogP contribution in [-0.2, 0) is 14.6 Å². The molecule has 2 rings (SSSR count). The monoisotopic (exact) mass is 246 g/mol. The smallest absolute Gasteiger partial charge is 0.224 e. The van der Waals surface area contributed by atoms with Crippen molar-refractivity contribution in [2.75, 3.05) is 24.6 Å². The summed E-state index contributed by atoms with van der Waals surface area (Å²) >= 11 is 0. The van der Waals surface area contributed by atoms with Crippen LogP contribution in [0.2, 0.25) is 0 Å². The Morgan fingerprint density at radius 1 is 1.31 bits per heavy atom. The first-order valence-corrected chi connectivity index (χ1v) is 7.60. The maximum atomic E-state index is 11.8. The molecule has 2 saturated heterocycles. The van der Waals surface area contributed by atoms with E-state index in [9.17, 15) is 13.2 Å². The molecule has 2 fully saturated rings. The average molecular weight is 246 g/mol. The Bertz CT molecular complexity index is 360. The Morgan fingerprint density at radius 3 is 2.75 bits per heavy atom. The lowest BCUT2D eigenvalue weighted by Gasteiger charge is -2.24. The average Bonchev–Trinajstić information content (AvgIpc) is 2.68. The second-order valence-corrected chi connectivity index (χ2v) is 6.88. The van der Waals surface area contributed by atoms with Crippen LogP contribution in [0.1, 0.15) is 19.3 Å². The highest BCUT2D eigenvalue weighted by atomic mass is 32.2. The van der Waals surface area contributed by atoms with Gasteiger partial charge in [0.2, 0.25) is 5.91 Å². The molecule has 2 unspecified atom stereocenters. The van der Waals surface area contributed by atoms with Gasteiger partial charge in [0, 0.05) is 12.6 Å². The SMILES string of the molecule is O=C(NC1CCCS(=O)(=O)C1)C1CCNC1. The lowest BCUT2D eigenvalue weighted by atomic mass is 10.1. The molecule has 1 amide bonds. The molecule has 92 valence electrons. The minimum Gasteiger partial charge on any atom is -0.352 e. The van der Waals surface area contributed by atoms with Crippen LogP contribution in [0.4, 0.5) is 0 Å². The lowest BCUT2D eigenvalue weighted by molar-refractivity contribution is -0.125. The molecule has 0 bridgehead atoms. The summed E-state index contributed by atoms with van der Waals surface area (Å²) in [5.74, 6) is 0.403. The molecule has 6 heteroatoms. The van der Waals surface area contributed by atoms with Crippen LogP contribution in [0.15, 0.2) is 0 Å². The number of rotatable bonds is 2. The Balaban J connectivity index is 1.86. The van der Waals surface area contributed by atoms with Gasteiger partial charge in [-0.2, -0.15) is 0 Å². The number of carbonyl (C=O) groups is 1. The molecule has 0 aromatic carbocycles. The van der Waals surface area contributed by atoms with Gasteiger partial charge in [0.15, 0.2) is 9.84 Å². The Hall–Kier alpha value is -0.620. The van der Waals surface area contributed by atoms with Crippen molar-refractivity contribution >= 4 is 15.7 Å².